The summed E-state index contributed by atoms with van der Waals surface area (Å²) < 4.78 is 0. The number of hydrogen-bond acceptors (Lipinski definition) is 3. The summed E-state index contributed by atoms with van der Waals surface area (Å²) in [6.07, 6.45) is 1.30. The van der Waals surface area contributed by atoms with Gasteiger partial charge in [-0.1, -0.05) is 27.7 Å². The van der Waals surface area contributed by atoms with E-state index >= 15 is 0 Å². The van der Waals surface area contributed by atoms with Crippen LogP contribution in [0.15, 0.2) is 0 Å². The second-order valence-electron chi connectivity index (χ2n) is 5.56. The van der Waals surface area contributed by atoms with Gasteiger partial charge >= 0.3 is 0 Å². The third-order valence-electron chi connectivity index (χ3n) is 2.74. The highest BCUT2D eigenvalue weighted by atomic mass is 16.2. The fraction of sp³-hybridized carbons (Fsp3) is 0.786. The SMILES string of the molecule is [CH]C(=O)[C@H](CC(C)C)NC(=O)[C@H](CC(C)C)NC. The molecule has 0 aromatic carbocycles. The number of amides is 1. The molecule has 2 radical (unpaired) electrons. The van der Waals surface area contributed by atoms with Gasteiger partial charge in [-0.05, 0) is 31.7 Å². The highest BCUT2D eigenvalue weighted by Gasteiger charge is 2.23. The maximum atomic E-state index is 12.0. The number of nitrogens with one attached hydrogen (secondary N) is 2. The zero-order valence-electron chi connectivity index (χ0n) is 12.1. The lowest BCUT2D eigenvalue weighted by Crippen LogP contribution is -2.49. The molecule has 1 amide bonds. The van der Waals surface area contributed by atoms with Crippen molar-refractivity contribution in [2.75, 3.05) is 7.05 Å². The Morgan fingerprint density at radius 1 is 1.00 bits per heavy atom. The van der Waals surface area contributed by atoms with Gasteiger partial charge in [0.2, 0.25) is 5.91 Å². The van der Waals surface area contributed by atoms with Gasteiger partial charge < -0.3 is 10.6 Å². The van der Waals surface area contributed by atoms with Crippen LogP contribution in [0.4, 0.5) is 0 Å². The molecule has 0 spiro atoms. The Morgan fingerprint density at radius 2 is 1.44 bits per heavy atom. The number of ketones is 1. The predicted octanol–water partition coefficient (Wildman–Crippen LogP) is 1.43. The van der Waals surface area contributed by atoms with Crippen molar-refractivity contribution in [2.45, 2.75) is 52.6 Å². The van der Waals surface area contributed by atoms with Crippen LogP contribution >= 0.6 is 0 Å². The minimum atomic E-state index is -0.583. The summed E-state index contributed by atoms with van der Waals surface area (Å²) in [4.78, 5) is 23.3. The molecule has 0 aliphatic carbocycles. The molecule has 2 atom stereocenters. The van der Waals surface area contributed by atoms with E-state index in [-0.39, 0.29) is 11.9 Å². The average molecular weight is 254 g/mol. The van der Waals surface area contributed by atoms with Crippen LogP contribution in [0.1, 0.15) is 40.5 Å². The fourth-order valence-electron chi connectivity index (χ4n) is 1.82. The third-order valence-corrected chi connectivity index (χ3v) is 2.74. The van der Waals surface area contributed by atoms with Crippen LogP contribution in [-0.2, 0) is 9.59 Å². The summed E-state index contributed by atoms with van der Waals surface area (Å²) in [7, 11) is 1.74. The Hall–Kier alpha value is -0.900. The molecule has 0 saturated carbocycles. The van der Waals surface area contributed by atoms with Crippen LogP contribution in [0.3, 0.4) is 0 Å². The highest BCUT2D eigenvalue weighted by Crippen LogP contribution is 2.08. The second kappa shape index (κ2) is 8.25. The Kier molecular flexibility index (Phi) is 7.83. The zero-order chi connectivity index (χ0) is 14.3. The summed E-state index contributed by atoms with van der Waals surface area (Å²) >= 11 is 0. The van der Waals surface area contributed by atoms with Crippen LogP contribution in [-0.4, -0.2) is 30.8 Å². The summed E-state index contributed by atoms with van der Waals surface area (Å²) in [6, 6.07) is -0.862. The van der Waals surface area contributed by atoms with Gasteiger partial charge in [-0.25, -0.2) is 0 Å². The number of carbonyl (C=O) groups excluding carboxylic acids is 2. The molecule has 0 bridgehead atoms. The summed E-state index contributed by atoms with van der Waals surface area (Å²) in [5.74, 6) is 0.0818. The van der Waals surface area contributed by atoms with Gasteiger partial charge in [0, 0.05) is 6.92 Å². The smallest absolute Gasteiger partial charge is 0.237 e. The first-order chi connectivity index (χ1) is 8.27. The van der Waals surface area contributed by atoms with E-state index in [2.05, 4.69) is 24.5 Å². The molecule has 0 fully saturated rings. The summed E-state index contributed by atoms with van der Waals surface area (Å²) in [5, 5.41) is 5.69. The first kappa shape index (κ1) is 17.1. The number of hydrogen-bond donors (Lipinski definition) is 2. The molecular weight excluding hydrogens is 228 g/mol. The number of rotatable bonds is 8. The standard InChI is InChI=1S/C14H26N2O2/c1-9(2)7-12(11(5)17)16-14(18)13(15-6)8-10(3)4/h5,9-10,12-13,15H,7-8H2,1-4,6H3,(H,16,18)/t12-,13-/m0/s1. The Bertz CT molecular complexity index is 275. The molecule has 0 aromatic rings. The number of Topliss-reactive ketones (excluding diaryl/α,β-unsaturated/α-hetero) is 1. The maximum absolute atomic E-state index is 12.0. The largest absolute Gasteiger partial charge is 0.345 e. The summed E-state index contributed by atoms with van der Waals surface area (Å²) in [5.41, 5.74) is 0. The van der Waals surface area contributed by atoms with Crippen molar-refractivity contribution in [1.82, 2.24) is 10.6 Å². The van der Waals surface area contributed by atoms with Crippen molar-refractivity contribution in [3.8, 4) is 0 Å². The van der Waals surface area contributed by atoms with Gasteiger partial charge in [0.05, 0.1) is 12.1 Å². The molecule has 4 heteroatoms. The first-order valence-corrected chi connectivity index (χ1v) is 6.54. The Morgan fingerprint density at radius 3 is 1.78 bits per heavy atom. The molecule has 0 rings (SSSR count). The van der Waals surface area contributed by atoms with E-state index in [1.54, 1.807) is 7.05 Å². The number of likely N-dealkylation sites (N-methyl/N-ethyl adjacent to an activating group) is 1. The zero-order valence-corrected chi connectivity index (χ0v) is 12.1. The van der Waals surface area contributed by atoms with E-state index in [1.807, 2.05) is 13.8 Å². The Labute approximate surface area is 111 Å². The van der Waals surface area contributed by atoms with E-state index in [9.17, 15) is 9.59 Å². The molecular formula is C14H26N2O2. The van der Waals surface area contributed by atoms with Crippen LogP contribution in [0.5, 0.6) is 0 Å². The van der Waals surface area contributed by atoms with Crippen LogP contribution in [0.2, 0.25) is 0 Å². The van der Waals surface area contributed by atoms with Crippen LogP contribution < -0.4 is 10.6 Å². The monoisotopic (exact) mass is 254 g/mol. The predicted molar refractivity (Wildman–Crippen MR) is 73.0 cm³/mol. The van der Waals surface area contributed by atoms with E-state index in [1.165, 1.54) is 0 Å². The van der Waals surface area contributed by atoms with Gasteiger partial charge in [0.15, 0.2) is 5.78 Å². The normalized spacial score (nSPS) is 14.7. The van der Waals surface area contributed by atoms with E-state index in [4.69, 9.17) is 6.92 Å². The molecule has 0 aliphatic rings. The van der Waals surface area contributed by atoms with Crippen molar-refractivity contribution in [3.63, 3.8) is 0 Å². The number of carbonyl (C=O) groups is 2. The van der Waals surface area contributed by atoms with Crippen molar-refractivity contribution in [2.24, 2.45) is 11.8 Å². The van der Waals surface area contributed by atoms with E-state index in [0.29, 0.717) is 18.3 Å². The van der Waals surface area contributed by atoms with Gasteiger partial charge in [-0.15, -0.1) is 0 Å². The molecule has 0 saturated heterocycles. The lowest BCUT2D eigenvalue weighted by atomic mass is 9.99. The minimum absolute atomic E-state index is 0.157. The topological polar surface area (TPSA) is 58.2 Å². The lowest BCUT2D eigenvalue weighted by Gasteiger charge is -2.23. The molecule has 18 heavy (non-hydrogen) atoms. The first-order valence-electron chi connectivity index (χ1n) is 6.54. The average Bonchev–Trinajstić information content (AvgIpc) is 2.23. The van der Waals surface area contributed by atoms with Crippen molar-refractivity contribution in [1.29, 1.82) is 0 Å². The Balaban J connectivity index is 4.51. The quantitative estimate of drug-likeness (QED) is 0.689. The van der Waals surface area contributed by atoms with Crippen molar-refractivity contribution < 1.29 is 9.59 Å². The molecule has 104 valence electrons. The molecule has 2 N–H and O–H groups in total. The molecule has 0 aromatic heterocycles. The molecule has 4 nitrogen and oxygen atoms in total. The van der Waals surface area contributed by atoms with E-state index in [0.717, 1.165) is 6.42 Å². The van der Waals surface area contributed by atoms with E-state index < -0.39 is 11.8 Å². The lowest BCUT2D eigenvalue weighted by molar-refractivity contribution is -0.127. The minimum Gasteiger partial charge on any atom is -0.345 e. The van der Waals surface area contributed by atoms with Crippen LogP contribution in [0.25, 0.3) is 0 Å². The van der Waals surface area contributed by atoms with Gasteiger partial charge in [0.25, 0.3) is 0 Å². The fourth-order valence-corrected chi connectivity index (χ4v) is 1.82. The van der Waals surface area contributed by atoms with Gasteiger partial charge in [-0.3, -0.25) is 9.59 Å². The maximum Gasteiger partial charge on any atom is 0.237 e. The van der Waals surface area contributed by atoms with Gasteiger partial charge in [0.1, 0.15) is 0 Å². The second-order valence-corrected chi connectivity index (χ2v) is 5.56. The molecule has 0 unspecified atom stereocenters. The summed E-state index contributed by atoms with van der Waals surface area (Å²) in [6.45, 7) is 13.4. The third kappa shape index (κ3) is 6.74. The molecule has 0 heterocycles. The van der Waals surface area contributed by atoms with Crippen LogP contribution in [0, 0.1) is 18.8 Å². The highest BCUT2D eigenvalue weighted by molar-refractivity contribution is 5.93. The molecule has 0 aliphatic heterocycles. The van der Waals surface area contributed by atoms with Gasteiger partial charge in [-0.2, -0.15) is 0 Å². The van der Waals surface area contributed by atoms with Crippen molar-refractivity contribution in [3.05, 3.63) is 6.92 Å². The van der Waals surface area contributed by atoms with Crippen molar-refractivity contribution >= 4 is 11.7 Å².